The molecule has 112 valence electrons. The SMILES string of the molecule is CCOC(=O)c1csc([C@@H]2CCCN2Cc2ccco2)n1. The lowest BCUT2D eigenvalue weighted by atomic mass is 10.2. The summed E-state index contributed by atoms with van der Waals surface area (Å²) >= 11 is 1.53. The fourth-order valence-corrected chi connectivity index (χ4v) is 3.59. The van der Waals surface area contributed by atoms with E-state index in [9.17, 15) is 4.79 Å². The molecule has 0 aliphatic carbocycles. The summed E-state index contributed by atoms with van der Waals surface area (Å²) in [4.78, 5) is 18.5. The molecule has 0 spiro atoms. The van der Waals surface area contributed by atoms with E-state index >= 15 is 0 Å². The zero-order valence-corrected chi connectivity index (χ0v) is 12.8. The van der Waals surface area contributed by atoms with Gasteiger partial charge in [-0.05, 0) is 38.4 Å². The summed E-state index contributed by atoms with van der Waals surface area (Å²) < 4.78 is 10.4. The molecule has 2 aromatic rings. The second kappa shape index (κ2) is 6.41. The minimum Gasteiger partial charge on any atom is -0.468 e. The third-order valence-electron chi connectivity index (χ3n) is 3.59. The Hall–Kier alpha value is -1.66. The number of aromatic nitrogens is 1. The molecule has 0 saturated carbocycles. The Labute approximate surface area is 127 Å². The number of carbonyl (C=O) groups is 1. The Morgan fingerprint density at radius 1 is 1.62 bits per heavy atom. The van der Waals surface area contributed by atoms with Crippen LogP contribution < -0.4 is 0 Å². The van der Waals surface area contributed by atoms with Crippen LogP contribution in [0.3, 0.4) is 0 Å². The van der Waals surface area contributed by atoms with Crippen molar-refractivity contribution in [1.29, 1.82) is 0 Å². The van der Waals surface area contributed by atoms with Crippen LogP contribution in [0.1, 0.15) is 47.1 Å². The van der Waals surface area contributed by atoms with Gasteiger partial charge in [0.2, 0.25) is 0 Å². The Balaban J connectivity index is 1.71. The second-order valence-corrected chi connectivity index (χ2v) is 5.89. The third kappa shape index (κ3) is 3.16. The van der Waals surface area contributed by atoms with E-state index in [4.69, 9.17) is 9.15 Å². The summed E-state index contributed by atoms with van der Waals surface area (Å²) in [6, 6.07) is 4.16. The second-order valence-electron chi connectivity index (χ2n) is 5.00. The molecular weight excluding hydrogens is 288 g/mol. The largest absolute Gasteiger partial charge is 0.468 e. The van der Waals surface area contributed by atoms with Crippen molar-refractivity contribution in [1.82, 2.24) is 9.88 Å². The van der Waals surface area contributed by atoms with Crippen LogP contribution in [-0.4, -0.2) is 29.0 Å². The van der Waals surface area contributed by atoms with Gasteiger partial charge in [-0.1, -0.05) is 0 Å². The summed E-state index contributed by atoms with van der Waals surface area (Å²) in [5.41, 5.74) is 0.418. The zero-order chi connectivity index (χ0) is 14.7. The highest BCUT2D eigenvalue weighted by molar-refractivity contribution is 7.09. The number of thiazole rings is 1. The summed E-state index contributed by atoms with van der Waals surface area (Å²) in [5.74, 6) is 0.625. The average Bonchev–Trinajstić information content (AvgIpc) is 3.20. The van der Waals surface area contributed by atoms with Crippen LogP contribution in [0.15, 0.2) is 28.2 Å². The van der Waals surface area contributed by atoms with Gasteiger partial charge in [0, 0.05) is 5.38 Å². The molecule has 1 aliphatic rings. The molecule has 1 saturated heterocycles. The van der Waals surface area contributed by atoms with Crippen LogP contribution >= 0.6 is 11.3 Å². The maximum Gasteiger partial charge on any atom is 0.357 e. The van der Waals surface area contributed by atoms with Gasteiger partial charge in [0.25, 0.3) is 0 Å². The van der Waals surface area contributed by atoms with Crippen LogP contribution in [-0.2, 0) is 11.3 Å². The van der Waals surface area contributed by atoms with Crippen molar-refractivity contribution in [2.75, 3.05) is 13.2 Å². The molecule has 0 amide bonds. The molecule has 3 rings (SSSR count). The quantitative estimate of drug-likeness (QED) is 0.794. The number of carbonyl (C=O) groups excluding carboxylic acids is 1. The van der Waals surface area contributed by atoms with Crippen molar-refractivity contribution in [2.24, 2.45) is 0 Å². The van der Waals surface area contributed by atoms with Crippen LogP contribution in [0.5, 0.6) is 0 Å². The van der Waals surface area contributed by atoms with Crippen molar-refractivity contribution >= 4 is 17.3 Å². The topological polar surface area (TPSA) is 55.6 Å². The Morgan fingerprint density at radius 2 is 2.52 bits per heavy atom. The summed E-state index contributed by atoms with van der Waals surface area (Å²) in [6.07, 6.45) is 3.90. The molecule has 1 fully saturated rings. The van der Waals surface area contributed by atoms with Crippen molar-refractivity contribution in [3.8, 4) is 0 Å². The molecule has 0 N–H and O–H groups in total. The highest BCUT2D eigenvalue weighted by atomic mass is 32.1. The summed E-state index contributed by atoms with van der Waals surface area (Å²) in [6.45, 7) is 3.98. The molecule has 0 aromatic carbocycles. The maximum atomic E-state index is 11.7. The number of hydrogen-bond donors (Lipinski definition) is 0. The van der Waals surface area contributed by atoms with E-state index in [1.807, 2.05) is 12.1 Å². The molecule has 0 bridgehead atoms. The van der Waals surface area contributed by atoms with E-state index in [1.54, 1.807) is 18.6 Å². The van der Waals surface area contributed by atoms with Gasteiger partial charge < -0.3 is 9.15 Å². The average molecular weight is 306 g/mol. The van der Waals surface area contributed by atoms with Crippen LogP contribution in [0.4, 0.5) is 0 Å². The summed E-state index contributed by atoms with van der Waals surface area (Å²) in [7, 11) is 0. The number of likely N-dealkylation sites (tertiary alicyclic amines) is 1. The van der Waals surface area contributed by atoms with E-state index in [0.29, 0.717) is 12.3 Å². The van der Waals surface area contributed by atoms with Gasteiger partial charge in [-0.25, -0.2) is 9.78 Å². The fourth-order valence-electron chi connectivity index (χ4n) is 2.64. The molecule has 1 atom stereocenters. The molecule has 5 nitrogen and oxygen atoms in total. The van der Waals surface area contributed by atoms with Crippen molar-refractivity contribution in [2.45, 2.75) is 32.4 Å². The third-order valence-corrected chi connectivity index (χ3v) is 4.54. The monoisotopic (exact) mass is 306 g/mol. The van der Waals surface area contributed by atoms with Crippen molar-refractivity contribution < 1.29 is 13.9 Å². The number of furan rings is 1. The number of ether oxygens (including phenoxy) is 1. The van der Waals surface area contributed by atoms with Crippen LogP contribution in [0.25, 0.3) is 0 Å². The smallest absolute Gasteiger partial charge is 0.357 e. The number of esters is 1. The lowest BCUT2D eigenvalue weighted by Gasteiger charge is -2.21. The molecule has 0 radical (unpaired) electrons. The molecule has 21 heavy (non-hydrogen) atoms. The first-order chi connectivity index (χ1) is 10.3. The maximum absolute atomic E-state index is 11.7. The standard InChI is InChI=1S/C15H18N2O3S/c1-2-19-15(18)12-10-21-14(16-12)13-6-3-7-17(13)9-11-5-4-8-20-11/h4-5,8,10,13H,2-3,6-7,9H2,1H3/t13-/m0/s1. The van der Waals surface area contributed by atoms with E-state index in [0.717, 1.165) is 36.7 Å². The number of hydrogen-bond acceptors (Lipinski definition) is 6. The van der Waals surface area contributed by atoms with E-state index in [2.05, 4.69) is 9.88 Å². The van der Waals surface area contributed by atoms with E-state index < -0.39 is 0 Å². The van der Waals surface area contributed by atoms with Gasteiger partial charge in [-0.2, -0.15) is 0 Å². The van der Waals surface area contributed by atoms with Crippen molar-refractivity contribution in [3.63, 3.8) is 0 Å². The van der Waals surface area contributed by atoms with Crippen LogP contribution in [0, 0.1) is 0 Å². The predicted molar refractivity (Wildman–Crippen MR) is 79.2 cm³/mol. The van der Waals surface area contributed by atoms with Gasteiger partial charge in [0.15, 0.2) is 5.69 Å². The summed E-state index contributed by atoms with van der Waals surface area (Å²) in [5, 5.41) is 2.78. The lowest BCUT2D eigenvalue weighted by Crippen LogP contribution is -2.22. The lowest BCUT2D eigenvalue weighted by molar-refractivity contribution is 0.0520. The predicted octanol–water partition coefficient (Wildman–Crippen LogP) is 3.25. The Bertz CT molecular complexity index is 594. The first-order valence-electron chi connectivity index (χ1n) is 7.17. The van der Waals surface area contributed by atoms with E-state index in [-0.39, 0.29) is 12.0 Å². The van der Waals surface area contributed by atoms with Gasteiger partial charge in [-0.15, -0.1) is 11.3 Å². The molecule has 2 aromatic heterocycles. The highest BCUT2D eigenvalue weighted by Gasteiger charge is 2.29. The molecule has 1 aliphatic heterocycles. The minimum atomic E-state index is -0.337. The van der Waals surface area contributed by atoms with Crippen molar-refractivity contribution in [3.05, 3.63) is 40.2 Å². The normalized spacial score (nSPS) is 19.0. The fraction of sp³-hybridized carbons (Fsp3) is 0.467. The molecular formula is C15H18N2O3S. The zero-order valence-electron chi connectivity index (χ0n) is 11.9. The number of rotatable bonds is 5. The highest BCUT2D eigenvalue weighted by Crippen LogP contribution is 2.34. The molecule has 0 unspecified atom stereocenters. The Kier molecular flexibility index (Phi) is 4.36. The molecule has 6 heteroatoms. The van der Waals surface area contributed by atoms with Gasteiger partial charge in [0.1, 0.15) is 10.8 Å². The minimum absolute atomic E-state index is 0.267. The Morgan fingerprint density at radius 3 is 3.29 bits per heavy atom. The van der Waals surface area contributed by atoms with Gasteiger partial charge >= 0.3 is 5.97 Å². The first kappa shape index (κ1) is 14.3. The first-order valence-corrected chi connectivity index (χ1v) is 8.05. The number of nitrogens with zero attached hydrogens (tertiary/aromatic N) is 2. The van der Waals surface area contributed by atoms with E-state index in [1.165, 1.54) is 11.3 Å². The van der Waals surface area contributed by atoms with Gasteiger partial charge in [0.05, 0.1) is 25.5 Å². The van der Waals surface area contributed by atoms with Crippen LogP contribution in [0.2, 0.25) is 0 Å². The molecule has 3 heterocycles. The van der Waals surface area contributed by atoms with Gasteiger partial charge in [-0.3, -0.25) is 4.90 Å².